The van der Waals surface area contributed by atoms with Crippen LogP contribution < -0.4 is 5.32 Å². The van der Waals surface area contributed by atoms with Crippen molar-refractivity contribution in [1.82, 2.24) is 5.32 Å². The lowest BCUT2D eigenvalue weighted by atomic mass is 10.1. The molecular weight excluding hydrogens is 269 g/mol. The number of fused-ring (bicyclic) bond motifs is 1. The lowest BCUT2D eigenvalue weighted by molar-refractivity contribution is 0.566. The largest absolute Gasteiger partial charge is 0.299 e. The van der Waals surface area contributed by atoms with Gasteiger partial charge in [0.1, 0.15) is 5.82 Å². The molecule has 1 atom stereocenters. The minimum Gasteiger partial charge on any atom is -0.299 e. The lowest BCUT2D eigenvalue weighted by Gasteiger charge is -2.13. The second-order valence-corrected chi connectivity index (χ2v) is 4.67. The van der Waals surface area contributed by atoms with Gasteiger partial charge in [-0.3, -0.25) is 5.32 Å². The molecule has 1 aliphatic carbocycles. The second-order valence-electron chi connectivity index (χ2n) is 3.82. The Kier molecular flexibility index (Phi) is 3.63. The monoisotopic (exact) mass is 281 g/mol. The van der Waals surface area contributed by atoms with Gasteiger partial charge in [0, 0.05) is 10.5 Å². The summed E-state index contributed by atoms with van der Waals surface area (Å²) in [5.74, 6) is 5.72. The highest BCUT2D eigenvalue weighted by molar-refractivity contribution is 9.10. The normalized spacial score (nSPS) is 17.8. The van der Waals surface area contributed by atoms with Crippen LogP contribution in [-0.4, -0.2) is 6.54 Å². The Morgan fingerprint density at radius 2 is 2.38 bits per heavy atom. The standard InChI is InChI=1S/C13H13BrFN/c1-2-3-8-16-12-7-4-9-11(15)6-5-10(14)13(9)12/h5-6,12,16H,4,7-8H2,1H3. The van der Waals surface area contributed by atoms with Crippen LogP contribution in [-0.2, 0) is 6.42 Å². The van der Waals surface area contributed by atoms with Gasteiger partial charge in [-0.15, -0.1) is 5.92 Å². The van der Waals surface area contributed by atoms with E-state index in [2.05, 4.69) is 33.1 Å². The molecule has 0 fully saturated rings. The molecule has 0 amide bonds. The van der Waals surface area contributed by atoms with E-state index >= 15 is 0 Å². The summed E-state index contributed by atoms with van der Waals surface area (Å²) in [7, 11) is 0. The van der Waals surface area contributed by atoms with Gasteiger partial charge in [0.2, 0.25) is 0 Å². The SMILES string of the molecule is CC#CCNC1CCc2c(F)ccc(Br)c21. The molecule has 0 saturated heterocycles. The Bertz CT molecular complexity index is 459. The lowest BCUT2D eigenvalue weighted by Crippen LogP contribution is -2.19. The predicted octanol–water partition coefficient (Wildman–Crippen LogP) is 3.19. The molecule has 1 aromatic carbocycles. The van der Waals surface area contributed by atoms with Crippen LogP contribution in [0.3, 0.4) is 0 Å². The van der Waals surface area contributed by atoms with Crippen LogP contribution in [0, 0.1) is 17.7 Å². The van der Waals surface area contributed by atoms with Crippen molar-refractivity contribution in [2.24, 2.45) is 0 Å². The van der Waals surface area contributed by atoms with Gasteiger partial charge in [0.05, 0.1) is 6.54 Å². The molecule has 1 aromatic rings. The average molecular weight is 282 g/mol. The molecule has 0 heterocycles. The first-order valence-corrected chi connectivity index (χ1v) is 6.13. The first-order valence-electron chi connectivity index (χ1n) is 5.33. The molecule has 84 valence electrons. The minimum atomic E-state index is -0.0934. The molecule has 1 nitrogen and oxygen atoms in total. The van der Waals surface area contributed by atoms with Gasteiger partial charge in [0.15, 0.2) is 0 Å². The van der Waals surface area contributed by atoms with Crippen LogP contribution in [0.5, 0.6) is 0 Å². The number of halogens is 2. The molecule has 0 aromatic heterocycles. The highest BCUT2D eigenvalue weighted by Gasteiger charge is 2.26. The minimum absolute atomic E-state index is 0.0934. The van der Waals surface area contributed by atoms with Gasteiger partial charge in [-0.05, 0) is 43.0 Å². The molecule has 3 heteroatoms. The number of rotatable bonds is 2. The smallest absolute Gasteiger partial charge is 0.126 e. The first-order chi connectivity index (χ1) is 7.74. The van der Waals surface area contributed by atoms with Crippen molar-refractivity contribution in [3.8, 4) is 11.8 Å². The third-order valence-electron chi connectivity index (χ3n) is 2.89. The van der Waals surface area contributed by atoms with E-state index in [0.29, 0.717) is 6.54 Å². The maximum atomic E-state index is 13.6. The van der Waals surface area contributed by atoms with Gasteiger partial charge in [-0.25, -0.2) is 4.39 Å². The molecule has 1 N–H and O–H groups in total. The quantitative estimate of drug-likeness (QED) is 0.821. The van der Waals surface area contributed by atoms with E-state index < -0.39 is 0 Å². The van der Waals surface area contributed by atoms with Crippen molar-refractivity contribution in [2.75, 3.05) is 6.54 Å². The Morgan fingerprint density at radius 1 is 1.56 bits per heavy atom. The van der Waals surface area contributed by atoms with Crippen LogP contribution in [0.25, 0.3) is 0 Å². The van der Waals surface area contributed by atoms with Gasteiger partial charge in [0.25, 0.3) is 0 Å². The number of nitrogens with one attached hydrogen (secondary N) is 1. The fourth-order valence-electron chi connectivity index (χ4n) is 2.14. The summed E-state index contributed by atoms with van der Waals surface area (Å²) < 4.78 is 14.5. The van der Waals surface area contributed by atoms with Crippen molar-refractivity contribution < 1.29 is 4.39 Å². The fraction of sp³-hybridized carbons (Fsp3) is 0.385. The molecule has 16 heavy (non-hydrogen) atoms. The van der Waals surface area contributed by atoms with Crippen molar-refractivity contribution in [3.63, 3.8) is 0 Å². The van der Waals surface area contributed by atoms with Crippen LogP contribution in [0.1, 0.15) is 30.5 Å². The molecule has 2 rings (SSSR count). The molecule has 0 radical (unpaired) electrons. The van der Waals surface area contributed by atoms with Crippen LogP contribution in [0.4, 0.5) is 4.39 Å². The van der Waals surface area contributed by atoms with Crippen molar-refractivity contribution in [1.29, 1.82) is 0 Å². The summed E-state index contributed by atoms with van der Waals surface area (Å²) in [4.78, 5) is 0. The molecule has 1 unspecified atom stereocenters. The Labute approximate surface area is 104 Å². The summed E-state index contributed by atoms with van der Waals surface area (Å²) in [6.45, 7) is 2.48. The average Bonchev–Trinajstić information content (AvgIpc) is 2.69. The van der Waals surface area contributed by atoms with Crippen LogP contribution >= 0.6 is 15.9 Å². The summed E-state index contributed by atoms with van der Waals surface area (Å²) in [5, 5.41) is 3.34. The van der Waals surface area contributed by atoms with E-state index in [0.717, 1.165) is 28.4 Å². The fourth-order valence-corrected chi connectivity index (χ4v) is 2.79. The number of hydrogen-bond acceptors (Lipinski definition) is 1. The van der Waals surface area contributed by atoms with E-state index in [-0.39, 0.29) is 11.9 Å². The third kappa shape index (κ3) is 2.14. The second kappa shape index (κ2) is 4.99. The third-order valence-corrected chi connectivity index (χ3v) is 3.58. The van der Waals surface area contributed by atoms with E-state index in [1.54, 1.807) is 6.07 Å². The van der Waals surface area contributed by atoms with Gasteiger partial charge in [-0.2, -0.15) is 0 Å². The highest BCUT2D eigenvalue weighted by Crippen LogP contribution is 2.37. The first kappa shape index (κ1) is 11.6. The summed E-state index contributed by atoms with van der Waals surface area (Å²) >= 11 is 3.49. The van der Waals surface area contributed by atoms with Crippen molar-refractivity contribution in [3.05, 3.63) is 33.5 Å². The molecule has 0 bridgehead atoms. The maximum absolute atomic E-state index is 13.6. The summed E-state index contributed by atoms with van der Waals surface area (Å²) in [6, 6.07) is 3.53. The highest BCUT2D eigenvalue weighted by atomic mass is 79.9. The van der Waals surface area contributed by atoms with E-state index in [9.17, 15) is 4.39 Å². The van der Waals surface area contributed by atoms with Crippen LogP contribution in [0.15, 0.2) is 16.6 Å². The summed E-state index contributed by atoms with van der Waals surface area (Å²) in [6.07, 6.45) is 1.75. The van der Waals surface area contributed by atoms with E-state index in [4.69, 9.17) is 0 Å². The Balaban J connectivity index is 2.23. The Hall–Kier alpha value is -0.850. The Morgan fingerprint density at radius 3 is 3.12 bits per heavy atom. The molecule has 1 aliphatic rings. The number of hydrogen-bond donors (Lipinski definition) is 1. The van der Waals surface area contributed by atoms with Gasteiger partial charge < -0.3 is 0 Å². The summed E-state index contributed by atoms with van der Waals surface area (Å²) in [5.41, 5.74) is 1.91. The van der Waals surface area contributed by atoms with Crippen molar-refractivity contribution in [2.45, 2.75) is 25.8 Å². The zero-order valence-electron chi connectivity index (χ0n) is 9.11. The van der Waals surface area contributed by atoms with E-state index in [1.165, 1.54) is 6.07 Å². The van der Waals surface area contributed by atoms with Gasteiger partial charge >= 0.3 is 0 Å². The zero-order valence-corrected chi connectivity index (χ0v) is 10.7. The number of benzene rings is 1. The molecule has 0 spiro atoms. The maximum Gasteiger partial charge on any atom is 0.126 e. The van der Waals surface area contributed by atoms with Crippen LogP contribution in [0.2, 0.25) is 0 Å². The van der Waals surface area contributed by atoms with Crippen molar-refractivity contribution >= 4 is 15.9 Å². The zero-order chi connectivity index (χ0) is 11.5. The molecule has 0 aliphatic heterocycles. The topological polar surface area (TPSA) is 12.0 Å². The van der Waals surface area contributed by atoms with Gasteiger partial charge in [-0.1, -0.05) is 21.9 Å². The molecule has 0 saturated carbocycles. The van der Waals surface area contributed by atoms with E-state index in [1.807, 2.05) is 6.92 Å². The molecular formula is C13H13BrFN. The predicted molar refractivity (Wildman–Crippen MR) is 66.6 cm³/mol.